The second-order valence-electron chi connectivity index (χ2n) is 5.06. The van der Waals surface area contributed by atoms with Crippen molar-refractivity contribution in [3.8, 4) is 11.1 Å². The van der Waals surface area contributed by atoms with Gasteiger partial charge >= 0.3 is 0 Å². The summed E-state index contributed by atoms with van der Waals surface area (Å²) < 4.78 is 3.34. The number of anilines is 1. The first-order valence-electron chi connectivity index (χ1n) is 7.48. The summed E-state index contributed by atoms with van der Waals surface area (Å²) in [5, 5.41) is 0.887. The molecule has 0 aliphatic rings. The molecule has 0 bridgehead atoms. The molecule has 0 aliphatic heterocycles. The molecule has 0 radical (unpaired) electrons. The van der Waals surface area contributed by atoms with E-state index in [1.165, 1.54) is 11.9 Å². The van der Waals surface area contributed by atoms with E-state index < -0.39 is 0 Å². The summed E-state index contributed by atoms with van der Waals surface area (Å²) in [5.41, 5.74) is 4.85. The van der Waals surface area contributed by atoms with Crippen molar-refractivity contribution in [2.24, 2.45) is 4.99 Å². The number of hydrogen-bond acceptors (Lipinski definition) is 4. The molecule has 0 saturated carbocycles. The lowest BCUT2D eigenvalue weighted by molar-refractivity contribution is 1.14. The van der Waals surface area contributed by atoms with Crippen LogP contribution in [0.2, 0.25) is 0 Å². The zero-order valence-electron chi connectivity index (χ0n) is 13.1. The van der Waals surface area contributed by atoms with Gasteiger partial charge in [0.1, 0.15) is 5.03 Å². The molecule has 3 aromatic rings. The third-order valence-corrected chi connectivity index (χ3v) is 4.30. The first-order chi connectivity index (χ1) is 11.8. The summed E-state index contributed by atoms with van der Waals surface area (Å²) in [6, 6.07) is 20.2. The Kier molecular flexibility index (Phi) is 5.08. The minimum atomic E-state index is 0.785. The Labute approximate surface area is 146 Å². The lowest BCUT2D eigenvalue weighted by Crippen LogP contribution is -1.92. The van der Waals surface area contributed by atoms with Crippen LogP contribution in [-0.2, 0) is 0 Å². The molecule has 0 aliphatic carbocycles. The Balaban J connectivity index is 1.99. The van der Waals surface area contributed by atoms with Gasteiger partial charge in [-0.25, -0.2) is 4.98 Å². The van der Waals surface area contributed by atoms with E-state index in [1.807, 2.05) is 36.4 Å². The fourth-order valence-corrected chi connectivity index (χ4v) is 3.01. The maximum atomic E-state index is 4.31. The molecular weight excluding hydrogens is 314 g/mol. The average Bonchev–Trinajstić information content (AvgIpc) is 2.67. The van der Waals surface area contributed by atoms with Crippen LogP contribution in [-0.4, -0.2) is 11.7 Å². The van der Waals surface area contributed by atoms with Crippen LogP contribution in [0.3, 0.4) is 0 Å². The van der Waals surface area contributed by atoms with Gasteiger partial charge in [-0.2, -0.15) is 0 Å². The summed E-state index contributed by atoms with van der Waals surface area (Å²) in [5.74, 6) is 0. The van der Waals surface area contributed by atoms with Crippen LogP contribution in [0.5, 0.6) is 0 Å². The van der Waals surface area contributed by atoms with Crippen LogP contribution in [0.15, 0.2) is 83.5 Å². The second kappa shape index (κ2) is 7.62. The molecule has 3 rings (SSSR count). The topological polar surface area (TPSA) is 37.3 Å². The molecular formula is C20H17N3S. The van der Waals surface area contributed by atoms with Gasteiger partial charge in [-0.3, -0.25) is 4.99 Å². The molecule has 4 heteroatoms. The van der Waals surface area contributed by atoms with Crippen LogP contribution in [0.25, 0.3) is 17.2 Å². The molecule has 1 N–H and O–H groups in total. The number of nitrogens with zero attached hydrogens (tertiary/aromatic N) is 2. The highest BCUT2D eigenvalue weighted by molar-refractivity contribution is 8.00. The van der Waals surface area contributed by atoms with Crippen LogP contribution >= 0.6 is 11.9 Å². The molecule has 1 heterocycles. The molecule has 2 aromatic carbocycles. The van der Waals surface area contributed by atoms with Crippen LogP contribution in [0, 0.1) is 0 Å². The van der Waals surface area contributed by atoms with E-state index in [2.05, 4.69) is 52.3 Å². The predicted octanol–water partition coefficient (Wildman–Crippen LogP) is 5.84. The van der Waals surface area contributed by atoms with E-state index in [-0.39, 0.29) is 0 Å². The average molecular weight is 331 g/mol. The summed E-state index contributed by atoms with van der Waals surface area (Å²) in [7, 11) is 0. The largest absolute Gasteiger partial charge is 0.322 e. The van der Waals surface area contributed by atoms with Gasteiger partial charge in [0.2, 0.25) is 0 Å². The lowest BCUT2D eigenvalue weighted by atomic mass is 10.0. The molecule has 118 valence electrons. The van der Waals surface area contributed by atoms with Crippen molar-refractivity contribution in [2.75, 3.05) is 4.72 Å². The van der Waals surface area contributed by atoms with E-state index in [9.17, 15) is 0 Å². The Morgan fingerprint density at radius 2 is 1.79 bits per heavy atom. The molecule has 0 saturated heterocycles. The van der Waals surface area contributed by atoms with Crippen LogP contribution in [0.1, 0.15) is 5.56 Å². The van der Waals surface area contributed by atoms with Crippen molar-refractivity contribution in [1.82, 2.24) is 4.98 Å². The molecule has 0 amide bonds. The van der Waals surface area contributed by atoms with Gasteiger partial charge in [0.15, 0.2) is 0 Å². The number of nitrogens with one attached hydrogen (secondary N) is 1. The first-order valence-corrected chi connectivity index (χ1v) is 8.30. The minimum Gasteiger partial charge on any atom is -0.322 e. The maximum absolute atomic E-state index is 4.31. The van der Waals surface area contributed by atoms with Gasteiger partial charge < -0.3 is 4.72 Å². The molecule has 0 fully saturated rings. The second-order valence-corrected chi connectivity index (χ2v) is 5.89. The number of aliphatic imine (C=N–C) groups is 1. The Bertz CT molecular complexity index is 846. The van der Waals surface area contributed by atoms with Gasteiger partial charge in [0, 0.05) is 23.7 Å². The van der Waals surface area contributed by atoms with Crippen molar-refractivity contribution in [2.45, 2.75) is 5.03 Å². The van der Waals surface area contributed by atoms with Crippen LogP contribution < -0.4 is 4.72 Å². The number of benzene rings is 2. The normalized spacial score (nSPS) is 10.2. The molecule has 1 aromatic heterocycles. The molecule has 0 spiro atoms. The van der Waals surface area contributed by atoms with Crippen molar-refractivity contribution in [1.29, 1.82) is 0 Å². The highest BCUT2D eigenvalue weighted by atomic mass is 32.2. The summed E-state index contributed by atoms with van der Waals surface area (Å²) in [4.78, 5) is 8.48. The fraction of sp³-hybridized carbons (Fsp3) is 0. The zero-order valence-corrected chi connectivity index (χ0v) is 14.0. The van der Waals surface area contributed by atoms with Gasteiger partial charge in [0.05, 0.1) is 11.4 Å². The van der Waals surface area contributed by atoms with E-state index in [4.69, 9.17) is 0 Å². The third-order valence-electron chi connectivity index (χ3n) is 3.53. The smallest absolute Gasteiger partial charge is 0.116 e. The van der Waals surface area contributed by atoms with Gasteiger partial charge in [-0.15, -0.1) is 0 Å². The van der Waals surface area contributed by atoms with Gasteiger partial charge in [0.25, 0.3) is 0 Å². The molecule has 3 nitrogen and oxygen atoms in total. The monoisotopic (exact) mass is 331 g/mol. The van der Waals surface area contributed by atoms with E-state index >= 15 is 0 Å². The Morgan fingerprint density at radius 3 is 2.46 bits per heavy atom. The minimum absolute atomic E-state index is 0.785. The molecule has 0 atom stereocenters. The Morgan fingerprint density at radius 1 is 1.00 bits per heavy atom. The highest BCUT2D eigenvalue weighted by Gasteiger charge is 2.10. The zero-order chi connectivity index (χ0) is 16.8. The maximum Gasteiger partial charge on any atom is 0.116 e. The van der Waals surface area contributed by atoms with Crippen molar-refractivity contribution in [3.05, 3.63) is 79.0 Å². The van der Waals surface area contributed by atoms with Gasteiger partial charge in [-0.1, -0.05) is 49.1 Å². The van der Waals surface area contributed by atoms with E-state index in [1.54, 1.807) is 12.3 Å². The van der Waals surface area contributed by atoms with E-state index in [0.717, 1.165) is 33.1 Å². The summed E-state index contributed by atoms with van der Waals surface area (Å²) in [6.07, 6.45) is 3.57. The molecule has 24 heavy (non-hydrogen) atoms. The Hall–Kier alpha value is -2.85. The lowest BCUT2D eigenvalue weighted by Gasteiger charge is -2.13. The number of pyridine rings is 1. The number of hydrogen-bond donors (Lipinski definition) is 1. The van der Waals surface area contributed by atoms with Gasteiger partial charge in [-0.05, 0) is 42.1 Å². The SMILES string of the molecule is C=Cc1cc(-c2ccccc2)cc(NSc2ccccn2)c1N=C. The van der Waals surface area contributed by atoms with E-state index in [0.29, 0.717) is 0 Å². The summed E-state index contributed by atoms with van der Waals surface area (Å²) >= 11 is 1.44. The first kappa shape index (κ1) is 16.0. The number of aromatic nitrogens is 1. The standard InChI is InChI=1S/C20H17N3S/c1-3-15-13-17(16-9-5-4-6-10-16)14-18(20(15)21-2)23-24-19-11-7-8-12-22-19/h3-14,23H,1-2H2. The van der Waals surface area contributed by atoms with Crippen molar-refractivity contribution >= 4 is 36.1 Å². The van der Waals surface area contributed by atoms with Crippen LogP contribution in [0.4, 0.5) is 11.4 Å². The predicted molar refractivity (Wildman–Crippen MR) is 105 cm³/mol. The summed E-state index contributed by atoms with van der Waals surface area (Å²) in [6.45, 7) is 7.59. The van der Waals surface area contributed by atoms with Crippen molar-refractivity contribution in [3.63, 3.8) is 0 Å². The highest BCUT2D eigenvalue weighted by Crippen LogP contribution is 2.37. The number of rotatable bonds is 6. The fourth-order valence-electron chi connectivity index (χ4n) is 2.38. The third kappa shape index (κ3) is 3.55. The van der Waals surface area contributed by atoms with Crippen molar-refractivity contribution < 1.29 is 0 Å². The quantitative estimate of drug-likeness (QED) is 0.455. The molecule has 0 unspecified atom stereocenters.